The average molecular weight is 686 g/mol. The zero-order valence-electron chi connectivity index (χ0n) is 29.3. The molecule has 54 heavy (non-hydrogen) atoms. The number of hydrogen-bond donors (Lipinski definition) is 0. The van der Waals surface area contributed by atoms with Gasteiger partial charge in [-0.25, -0.2) is 0 Å². The van der Waals surface area contributed by atoms with E-state index in [9.17, 15) is 0 Å². The van der Waals surface area contributed by atoms with Crippen molar-refractivity contribution in [2.75, 3.05) is 4.90 Å². The molecule has 0 aliphatic heterocycles. The number of rotatable bonds is 4. The minimum Gasteiger partial charge on any atom is -0.456 e. The number of nitrogens with zero attached hydrogens (tertiary/aromatic N) is 1. The molecule has 2 nitrogen and oxygen atoms in total. The van der Waals surface area contributed by atoms with Crippen LogP contribution in [0.5, 0.6) is 0 Å². The maximum Gasteiger partial charge on any atom is 0.136 e. The van der Waals surface area contributed by atoms with Gasteiger partial charge in [-0.15, -0.1) is 0 Å². The summed E-state index contributed by atoms with van der Waals surface area (Å²) in [7, 11) is 0. The molecule has 0 N–H and O–H groups in total. The fourth-order valence-corrected chi connectivity index (χ4v) is 9.16. The fourth-order valence-electron chi connectivity index (χ4n) is 9.16. The first-order chi connectivity index (χ1) is 26.8. The van der Waals surface area contributed by atoms with Crippen LogP contribution in [0.1, 0.15) is 0 Å². The summed E-state index contributed by atoms with van der Waals surface area (Å²) >= 11 is 0. The standard InChI is InChI=1S/C52H31NO/c1-3-11-35(12-4-1)53(36-13-5-2-6-14-36)48-27-22-33-20-25-42-37(24-19-32-21-26-43(48)52(33)51(32)42)34-23-28-49-46(29-34)47-30-44-40-17-9-7-15-38(40)39-16-8-10-18-41(39)45(44)31-50(47)54-49/h1-31H. The molecule has 250 valence electrons. The van der Waals surface area contributed by atoms with Gasteiger partial charge in [-0.05, 0) is 125 Å². The Hall–Kier alpha value is -7.16. The molecule has 0 bridgehead atoms. The van der Waals surface area contributed by atoms with Crippen LogP contribution >= 0.6 is 0 Å². The summed E-state index contributed by atoms with van der Waals surface area (Å²) in [5.74, 6) is 0. The number of furan rings is 1. The molecule has 0 atom stereocenters. The van der Waals surface area contributed by atoms with E-state index < -0.39 is 0 Å². The molecule has 2 heteroatoms. The summed E-state index contributed by atoms with van der Waals surface area (Å²) in [6, 6.07) is 68.5. The van der Waals surface area contributed by atoms with Crippen molar-refractivity contribution in [3.05, 3.63) is 188 Å². The third-order valence-electron chi connectivity index (χ3n) is 11.6. The van der Waals surface area contributed by atoms with Crippen LogP contribution in [0.15, 0.2) is 192 Å². The predicted molar refractivity (Wildman–Crippen MR) is 230 cm³/mol. The van der Waals surface area contributed by atoms with Crippen molar-refractivity contribution >= 4 is 104 Å². The Morgan fingerprint density at radius 3 is 1.50 bits per heavy atom. The molecule has 11 aromatic carbocycles. The van der Waals surface area contributed by atoms with Crippen LogP contribution in [0.4, 0.5) is 17.1 Å². The second kappa shape index (κ2) is 11.2. The zero-order chi connectivity index (χ0) is 35.3. The Bertz CT molecular complexity index is 3390. The van der Waals surface area contributed by atoms with E-state index in [0.717, 1.165) is 33.3 Å². The summed E-state index contributed by atoms with van der Waals surface area (Å²) in [6.45, 7) is 0. The Morgan fingerprint density at radius 2 is 0.833 bits per heavy atom. The molecule has 0 unspecified atom stereocenters. The Balaban J connectivity index is 1.08. The van der Waals surface area contributed by atoms with Gasteiger partial charge in [-0.1, -0.05) is 133 Å². The first kappa shape index (κ1) is 29.4. The number of fused-ring (bicyclic) bond motifs is 9. The van der Waals surface area contributed by atoms with Crippen LogP contribution in [-0.2, 0) is 0 Å². The lowest BCUT2D eigenvalue weighted by atomic mass is 9.88. The molecule has 0 spiro atoms. The van der Waals surface area contributed by atoms with Gasteiger partial charge in [0.05, 0.1) is 5.69 Å². The van der Waals surface area contributed by atoms with Gasteiger partial charge in [-0.3, -0.25) is 0 Å². The molecule has 0 aliphatic rings. The van der Waals surface area contributed by atoms with Crippen molar-refractivity contribution in [3.8, 4) is 11.1 Å². The molecule has 0 saturated carbocycles. The minimum atomic E-state index is 0.905. The molecule has 1 aromatic heterocycles. The Kier molecular flexibility index (Phi) is 6.09. The van der Waals surface area contributed by atoms with Gasteiger partial charge >= 0.3 is 0 Å². The summed E-state index contributed by atoms with van der Waals surface area (Å²) in [5.41, 5.74) is 7.66. The van der Waals surface area contributed by atoms with E-state index in [0.29, 0.717) is 0 Å². The highest BCUT2D eigenvalue weighted by Crippen LogP contribution is 2.46. The van der Waals surface area contributed by atoms with E-state index in [2.05, 4.69) is 193 Å². The lowest BCUT2D eigenvalue weighted by Crippen LogP contribution is -2.10. The number of anilines is 3. The zero-order valence-corrected chi connectivity index (χ0v) is 29.3. The topological polar surface area (TPSA) is 16.4 Å². The number of hydrogen-bond acceptors (Lipinski definition) is 2. The molecule has 12 rings (SSSR count). The van der Waals surface area contributed by atoms with Gasteiger partial charge in [0, 0.05) is 27.5 Å². The molecule has 0 radical (unpaired) electrons. The molecule has 1 heterocycles. The smallest absolute Gasteiger partial charge is 0.136 e. The second-order valence-electron chi connectivity index (χ2n) is 14.4. The first-order valence-electron chi connectivity index (χ1n) is 18.6. The highest BCUT2D eigenvalue weighted by Gasteiger charge is 2.20. The van der Waals surface area contributed by atoms with Crippen LogP contribution in [-0.4, -0.2) is 0 Å². The summed E-state index contributed by atoms with van der Waals surface area (Å²) in [6.07, 6.45) is 0. The molecule has 0 fully saturated rings. The minimum absolute atomic E-state index is 0.905. The van der Waals surface area contributed by atoms with Crippen molar-refractivity contribution in [3.63, 3.8) is 0 Å². The van der Waals surface area contributed by atoms with Crippen LogP contribution in [0, 0.1) is 0 Å². The van der Waals surface area contributed by atoms with Crippen LogP contribution in [0.25, 0.3) is 97.7 Å². The molecular weight excluding hydrogens is 655 g/mol. The quantitative estimate of drug-likeness (QED) is 0.172. The van der Waals surface area contributed by atoms with Gasteiger partial charge in [0.25, 0.3) is 0 Å². The summed E-state index contributed by atoms with van der Waals surface area (Å²) < 4.78 is 6.60. The van der Waals surface area contributed by atoms with Crippen molar-refractivity contribution < 1.29 is 4.42 Å². The SMILES string of the molecule is c1ccc(N(c2ccccc2)c2ccc3ccc4c(-c5ccc6oc7cc8c9ccccc9c9ccccc9c8cc7c6c5)ccc5ccc2c3c54)cc1. The van der Waals surface area contributed by atoms with E-state index in [4.69, 9.17) is 4.42 Å². The van der Waals surface area contributed by atoms with Crippen molar-refractivity contribution in [2.45, 2.75) is 0 Å². The van der Waals surface area contributed by atoms with Crippen LogP contribution in [0.2, 0.25) is 0 Å². The van der Waals surface area contributed by atoms with Crippen LogP contribution in [0.3, 0.4) is 0 Å². The van der Waals surface area contributed by atoms with E-state index in [1.165, 1.54) is 81.4 Å². The maximum absolute atomic E-state index is 6.60. The largest absolute Gasteiger partial charge is 0.456 e. The second-order valence-corrected chi connectivity index (χ2v) is 14.4. The lowest BCUT2D eigenvalue weighted by Gasteiger charge is -2.27. The fraction of sp³-hybridized carbons (Fsp3) is 0. The van der Waals surface area contributed by atoms with Crippen molar-refractivity contribution in [1.29, 1.82) is 0 Å². The molecular formula is C52H31NO. The van der Waals surface area contributed by atoms with Crippen molar-refractivity contribution in [2.24, 2.45) is 0 Å². The Morgan fingerprint density at radius 1 is 0.315 bits per heavy atom. The highest BCUT2D eigenvalue weighted by atomic mass is 16.3. The highest BCUT2D eigenvalue weighted by molar-refractivity contribution is 6.30. The van der Waals surface area contributed by atoms with Gasteiger partial charge in [0.15, 0.2) is 0 Å². The van der Waals surface area contributed by atoms with Gasteiger partial charge < -0.3 is 9.32 Å². The average Bonchev–Trinajstić information content (AvgIpc) is 3.60. The number of benzene rings is 11. The van der Waals surface area contributed by atoms with E-state index in [1.54, 1.807) is 0 Å². The Labute approximate surface area is 311 Å². The number of para-hydroxylation sites is 2. The van der Waals surface area contributed by atoms with Gasteiger partial charge in [0.1, 0.15) is 11.2 Å². The molecule has 0 aliphatic carbocycles. The monoisotopic (exact) mass is 685 g/mol. The van der Waals surface area contributed by atoms with E-state index in [1.807, 2.05) is 0 Å². The third-order valence-corrected chi connectivity index (χ3v) is 11.6. The first-order valence-corrected chi connectivity index (χ1v) is 18.6. The van der Waals surface area contributed by atoms with E-state index in [-0.39, 0.29) is 0 Å². The van der Waals surface area contributed by atoms with E-state index >= 15 is 0 Å². The molecule has 0 saturated heterocycles. The normalized spacial score (nSPS) is 12.1. The van der Waals surface area contributed by atoms with Gasteiger partial charge in [0.2, 0.25) is 0 Å². The lowest BCUT2D eigenvalue weighted by molar-refractivity contribution is 0.669. The maximum atomic E-state index is 6.60. The molecule has 12 aromatic rings. The summed E-state index contributed by atoms with van der Waals surface area (Å²) in [4.78, 5) is 2.38. The summed E-state index contributed by atoms with van der Waals surface area (Å²) in [5, 5.41) is 17.4. The third kappa shape index (κ3) is 4.17. The van der Waals surface area contributed by atoms with Crippen LogP contribution < -0.4 is 4.90 Å². The predicted octanol–water partition coefficient (Wildman–Crippen LogP) is 15.1. The molecule has 0 amide bonds. The van der Waals surface area contributed by atoms with Crippen molar-refractivity contribution in [1.82, 2.24) is 0 Å². The van der Waals surface area contributed by atoms with Gasteiger partial charge in [-0.2, -0.15) is 0 Å².